The molecule has 18 heavy (non-hydrogen) atoms. The number of dihydropyridines is 1. The Bertz CT molecular complexity index is 471. The third-order valence-electron chi connectivity index (χ3n) is 2.50. The molecule has 0 bridgehead atoms. The molecule has 1 aliphatic heterocycles. The average Bonchev–Trinajstić information content (AvgIpc) is 2.15. The normalized spacial score (nSPS) is 18.0. The Kier molecular flexibility index (Phi) is 6.61. The number of ketones is 1. The second-order valence-corrected chi connectivity index (χ2v) is 3.62. The molecule has 0 aliphatic carbocycles. The third kappa shape index (κ3) is 2.94. The Morgan fingerprint density at radius 3 is 2.17 bits per heavy atom. The van der Waals surface area contributed by atoms with Gasteiger partial charge in [0, 0.05) is 17.0 Å². The molecule has 0 fully saturated rings. The molecular weight excluding hydrogens is 238 g/mol. The number of Topliss-reactive ketones (excluding diaryl/α,β-unsaturated/α-hetero) is 1. The molecule has 100 valence electrons. The third-order valence-corrected chi connectivity index (χ3v) is 2.50. The van der Waals surface area contributed by atoms with Gasteiger partial charge in [-0.25, -0.2) is 0 Å². The van der Waals surface area contributed by atoms with Gasteiger partial charge in [0.2, 0.25) is 0 Å². The van der Waals surface area contributed by atoms with Crippen LogP contribution in [-0.2, 0) is 9.59 Å². The van der Waals surface area contributed by atoms with Gasteiger partial charge in [-0.1, -0.05) is 0 Å². The number of carboxylic acid groups (broad SMARTS) is 1. The van der Waals surface area contributed by atoms with E-state index >= 15 is 0 Å². The summed E-state index contributed by atoms with van der Waals surface area (Å²) in [5, 5.41) is 22.7. The minimum Gasteiger partial charge on any atom is -0.549 e. The minimum absolute atomic E-state index is 0. The maximum Gasteiger partial charge on any atom is 0.158 e. The molecular formula is C11H17N3O4. The van der Waals surface area contributed by atoms with Crippen LogP contribution in [0, 0.1) is 17.2 Å². The predicted molar refractivity (Wildman–Crippen MR) is 62.9 cm³/mol. The summed E-state index contributed by atoms with van der Waals surface area (Å²) in [6, 6.07) is 1.80. The van der Waals surface area contributed by atoms with Gasteiger partial charge in [0.25, 0.3) is 0 Å². The van der Waals surface area contributed by atoms with Gasteiger partial charge in [-0.2, -0.15) is 5.26 Å². The van der Waals surface area contributed by atoms with Gasteiger partial charge < -0.3 is 26.8 Å². The van der Waals surface area contributed by atoms with E-state index in [1.54, 1.807) is 19.9 Å². The van der Waals surface area contributed by atoms with E-state index in [0.717, 1.165) is 0 Å². The second kappa shape index (κ2) is 6.54. The monoisotopic (exact) mass is 255 g/mol. The van der Waals surface area contributed by atoms with Gasteiger partial charge in [0.15, 0.2) is 5.78 Å². The van der Waals surface area contributed by atoms with Crippen molar-refractivity contribution in [1.82, 2.24) is 11.5 Å². The fraction of sp³-hybridized carbons (Fsp3) is 0.364. The number of aliphatic carboxylic acids is 1. The fourth-order valence-corrected chi connectivity index (χ4v) is 1.84. The molecule has 1 rings (SSSR count). The Hall–Kier alpha value is -2.17. The quantitative estimate of drug-likeness (QED) is 0.656. The van der Waals surface area contributed by atoms with Crippen molar-refractivity contribution in [3.8, 4) is 6.07 Å². The molecule has 7 N–H and O–H groups in total. The van der Waals surface area contributed by atoms with Crippen molar-refractivity contribution in [2.75, 3.05) is 0 Å². The molecule has 7 nitrogen and oxygen atoms in total. The van der Waals surface area contributed by atoms with E-state index in [1.807, 2.05) is 0 Å². The maximum absolute atomic E-state index is 11.4. The summed E-state index contributed by atoms with van der Waals surface area (Å²) < 4.78 is 0. The Morgan fingerprint density at radius 1 is 1.33 bits per heavy atom. The highest BCUT2D eigenvalue weighted by Crippen LogP contribution is 2.29. The SMILES string of the molecule is CC(=O)C1=C(C)NC(C)=C(C#N)C1C(=O)[O-].O.[NH4+]. The molecule has 0 amide bonds. The van der Waals surface area contributed by atoms with Gasteiger partial charge in [0.05, 0.1) is 23.5 Å². The summed E-state index contributed by atoms with van der Waals surface area (Å²) in [4.78, 5) is 22.4. The highest BCUT2D eigenvalue weighted by atomic mass is 16.4. The molecule has 7 heteroatoms. The van der Waals surface area contributed by atoms with Crippen molar-refractivity contribution in [2.24, 2.45) is 5.92 Å². The van der Waals surface area contributed by atoms with Crippen molar-refractivity contribution < 1.29 is 20.2 Å². The first-order valence-corrected chi connectivity index (χ1v) is 4.70. The lowest BCUT2D eigenvalue weighted by Gasteiger charge is -2.28. The molecule has 0 radical (unpaired) electrons. The second-order valence-electron chi connectivity index (χ2n) is 3.62. The molecule has 1 aliphatic rings. The molecule has 1 unspecified atom stereocenters. The highest BCUT2D eigenvalue weighted by molar-refractivity contribution is 6.01. The summed E-state index contributed by atoms with van der Waals surface area (Å²) in [6.07, 6.45) is 0. The van der Waals surface area contributed by atoms with Crippen LogP contribution in [0.25, 0.3) is 0 Å². The average molecular weight is 255 g/mol. The van der Waals surface area contributed by atoms with E-state index in [-0.39, 0.29) is 28.6 Å². The van der Waals surface area contributed by atoms with E-state index in [1.165, 1.54) is 6.92 Å². The van der Waals surface area contributed by atoms with Crippen LogP contribution in [0.3, 0.4) is 0 Å². The van der Waals surface area contributed by atoms with Gasteiger partial charge in [-0.3, -0.25) is 4.79 Å². The first-order chi connectivity index (χ1) is 7.40. The summed E-state index contributed by atoms with van der Waals surface area (Å²) in [6.45, 7) is 4.46. The highest BCUT2D eigenvalue weighted by Gasteiger charge is 2.30. The number of carbonyl (C=O) groups is 2. The number of nitriles is 1. The van der Waals surface area contributed by atoms with Crippen LogP contribution < -0.4 is 16.6 Å². The van der Waals surface area contributed by atoms with Crippen molar-refractivity contribution >= 4 is 11.8 Å². The number of quaternary nitrogens is 1. The van der Waals surface area contributed by atoms with E-state index in [4.69, 9.17) is 5.26 Å². The largest absolute Gasteiger partial charge is 0.549 e. The van der Waals surface area contributed by atoms with Gasteiger partial charge >= 0.3 is 0 Å². The van der Waals surface area contributed by atoms with Gasteiger partial charge in [0.1, 0.15) is 0 Å². The van der Waals surface area contributed by atoms with Gasteiger partial charge in [-0.05, 0) is 20.8 Å². The zero-order chi connectivity index (χ0) is 12.5. The Balaban J connectivity index is 0. The molecule has 0 saturated carbocycles. The number of allylic oxidation sites excluding steroid dienone is 2. The summed E-state index contributed by atoms with van der Waals surface area (Å²) in [5.74, 6) is -3.06. The topological polar surface area (TPSA) is 161 Å². The predicted octanol–water partition coefficient (Wildman–Crippen LogP) is -0.832. The maximum atomic E-state index is 11.4. The number of carbonyl (C=O) groups excluding carboxylic acids is 2. The van der Waals surface area contributed by atoms with Crippen molar-refractivity contribution in [1.29, 1.82) is 5.26 Å². The van der Waals surface area contributed by atoms with Crippen LogP contribution in [0.1, 0.15) is 20.8 Å². The lowest BCUT2D eigenvalue weighted by Crippen LogP contribution is -2.40. The molecule has 1 heterocycles. The van der Waals surface area contributed by atoms with E-state index in [0.29, 0.717) is 11.4 Å². The van der Waals surface area contributed by atoms with Crippen LogP contribution in [0.5, 0.6) is 0 Å². The van der Waals surface area contributed by atoms with E-state index < -0.39 is 11.9 Å². The van der Waals surface area contributed by atoms with Crippen LogP contribution >= 0.6 is 0 Å². The molecule has 0 aromatic rings. The standard InChI is InChI=1S/C11H12N2O3.H3N.H2O/c1-5-8(4-12)10(11(15)16)9(7(3)14)6(2)13-5;;/h10,13H,1-3H3,(H,15,16);1H3;1H2. The number of hydrogen-bond donors (Lipinski definition) is 2. The number of rotatable bonds is 2. The van der Waals surface area contributed by atoms with E-state index in [2.05, 4.69) is 5.32 Å². The molecule has 1 atom stereocenters. The molecule has 0 saturated heterocycles. The number of nitrogens with zero attached hydrogens (tertiary/aromatic N) is 1. The van der Waals surface area contributed by atoms with Crippen molar-refractivity contribution in [2.45, 2.75) is 20.8 Å². The number of hydrogen-bond acceptors (Lipinski definition) is 5. The van der Waals surface area contributed by atoms with Gasteiger partial charge in [-0.15, -0.1) is 0 Å². The zero-order valence-corrected chi connectivity index (χ0v) is 10.7. The number of nitrogens with one attached hydrogen (secondary N) is 1. The lowest BCUT2D eigenvalue weighted by molar-refractivity contribution is -0.308. The first kappa shape index (κ1) is 18.2. The zero-order valence-electron chi connectivity index (χ0n) is 10.7. The van der Waals surface area contributed by atoms with Crippen LogP contribution in [0.15, 0.2) is 22.5 Å². The van der Waals surface area contributed by atoms with Crippen LogP contribution in [0.4, 0.5) is 0 Å². The summed E-state index contributed by atoms with van der Waals surface area (Å²) in [7, 11) is 0. The minimum atomic E-state index is -1.43. The first-order valence-electron chi connectivity index (χ1n) is 4.70. The molecule has 0 spiro atoms. The van der Waals surface area contributed by atoms with Crippen LogP contribution in [0.2, 0.25) is 0 Å². The summed E-state index contributed by atoms with van der Waals surface area (Å²) in [5.41, 5.74) is 1.01. The van der Waals surface area contributed by atoms with Crippen LogP contribution in [-0.4, -0.2) is 17.2 Å². The molecule has 0 aromatic heterocycles. The smallest absolute Gasteiger partial charge is 0.158 e. The summed E-state index contributed by atoms with van der Waals surface area (Å²) >= 11 is 0. The Morgan fingerprint density at radius 2 is 1.83 bits per heavy atom. The Labute approximate surface area is 105 Å². The molecule has 0 aromatic carbocycles. The lowest BCUT2D eigenvalue weighted by atomic mass is 9.84. The number of carboxylic acids is 1. The fourth-order valence-electron chi connectivity index (χ4n) is 1.84. The van der Waals surface area contributed by atoms with E-state index in [9.17, 15) is 14.7 Å². The van der Waals surface area contributed by atoms with Crippen molar-refractivity contribution in [3.63, 3.8) is 0 Å². The van der Waals surface area contributed by atoms with Crippen molar-refractivity contribution in [3.05, 3.63) is 22.5 Å².